The fraction of sp³-hybridized carbons (Fsp3) is 0.120. The van der Waals surface area contributed by atoms with Crippen molar-refractivity contribution in [1.29, 1.82) is 10.5 Å². The van der Waals surface area contributed by atoms with Gasteiger partial charge in [-0.3, -0.25) is 0 Å². The molecular weight excluding hydrogens is 404 g/mol. The number of aromatic nitrogens is 1. The molecule has 1 aliphatic carbocycles. The SMILES string of the molecule is COC(=O)c1ccc(-c2ccc(C=C3C(C)=C(C#N)c4nc(N)c(C#N)c(C)c43)o2)cc1. The van der Waals surface area contributed by atoms with Gasteiger partial charge in [0.15, 0.2) is 0 Å². The average Bonchev–Trinajstić information content (AvgIpc) is 3.36. The van der Waals surface area contributed by atoms with E-state index in [2.05, 4.69) is 17.1 Å². The van der Waals surface area contributed by atoms with E-state index in [0.717, 1.165) is 16.7 Å². The number of nitriles is 2. The van der Waals surface area contributed by atoms with Crippen molar-refractivity contribution in [2.45, 2.75) is 13.8 Å². The molecule has 2 N–H and O–H groups in total. The van der Waals surface area contributed by atoms with Gasteiger partial charge >= 0.3 is 5.97 Å². The zero-order chi connectivity index (χ0) is 23.0. The number of ether oxygens (including phenoxy) is 1. The van der Waals surface area contributed by atoms with Crippen LogP contribution in [0.25, 0.3) is 28.5 Å². The second-order valence-electron chi connectivity index (χ2n) is 7.27. The number of carbonyl (C=O) groups is 1. The Kier molecular flexibility index (Phi) is 5.10. The number of allylic oxidation sites excluding steroid dienone is 3. The summed E-state index contributed by atoms with van der Waals surface area (Å²) in [6.45, 7) is 3.64. The number of nitrogens with zero attached hydrogens (tertiary/aromatic N) is 3. The van der Waals surface area contributed by atoms with Crippen molar-refractivity contribution in [2.75, 3.05) is 12.8 Å². The van der Waals surface area contributed by atoms with Crippen molar-refractivity contribution in [3.63, 3.8) is 0 Å². The standard InChI is InChI=1S/C25H18N4O3/c1-13-18(22-14(2)20(12-27)24(28)29-23(22)19(13)11-26)10-17-8-9-21(32-17)15-4-6-16(7-5-15)25(30)31-3/h4-10H,1-3H3,(H2,28,29). The second kappa shape index (κ2) is 7.90. The maximum atomic E-state index is 11.6. The third-order valence-electron chi connectivity index (χ3n) is 5.49. The number of methoxy groups -OCH3 is 1. The summed E-state index contributed by atoms with van der Waals surface area (Å²) in [5.41, 5.74) is 11.3. The topological polar surface area (TPSA) is 126 Å². The van der Waals surface area contributed by atoms with E-state index in [-0.39, 0.29) is 5.82 Å². The Morgan fingerprint density at radius 2 is 1.84 bits per heavy atom. The van der Waals surface area contributed by atoms with E-state index in [0.29, 0.717) is 45.0 Å². The van der Waals surface area contributed by atoms with Crippen LogP contribution in [0.15, 0.2) is 46.4 Å². The van der Waals surface area contributed by atoms with Crippen molar-refractivity contribution in [2.24, 2.45) is 0 Å². The minimum Gasteiger partial charge on any atom is -0.465 e. The molecule has 2 heterocycles. The van der Waals surface area contributed by atoms with Crippen molar-refractivity contribution >= 4 is 29.0 Å². The molecule has 2 aromatic heterocycles. The summed E-state index contributed by atoms with van der Waals surface area (Å²) in [5, 5.41) is 19.1. The predicted molar refractivity (Wildman–Crippen MR) is 120 cm³/mol. The van der Waals surface area contributed by atoms with Gasteiger partial charge in [-0.2, -0.15) is 10.5 Å². The predicted octanol–water partition coefficient (Wildman–Crippen LogP) is 4.74. The normalized spacial score (nSPS) is 13.6. The van der Waals surface area contributed by atoms with Crippen LogP contribution in [-0.4, -0.2) is 18.1 Å². The monoisotopic (exact) mass is 422 g/mol. The lowest BCUT2D eigenvalue weighted by molar-refractivity contribution is 0.0600. The van der Waals surface area contributed by atoms with Gasteiger partial charge in [0, 0.05) is 11.1 Å². The smallest absolute Gasteiger partial charge is 0.337 e. The second-order valence-corrected chi connectivity index (χ2v) is 7.27. The number of anilines is 1. The molecule has 1 aliphatic rings. The summed E-state index contributed by atoms with van der Waals surface area (Å²) in [7, 11) is 1.34. The van der Waals surface area contributed by atoms with Crippen LogP contribution in [0.4, 0.5) is 5.82 Å². The van der Waals surface area contributed by atoms with Crippen LogP contribution in [0, 0.1) is 29.6 Å². The molecule has 0 radical (unpaired) electrons. The molecule has 0 saturated carbocycles. The lowest BCUT2D eigenvalue weighted by atomic mass is 9.96. The Bertz CT molecular complexity index is 1410. The molecule has 3 aromatic rings. The van der Waals surface area contributed by atoms with Crippen LogP contribution < -0.4 is 5.73 Å². The zero-order valence-corrected chi connectivity index (χ0v) is 17.7. The van der Waals surface area contributed by atoms with Crippen molar-refractivity contribution < 1.29 is 13.9 Å². The highest BCUT2D eigenvalue weighted by atomic mass is 16.5. The highest BCUT2D eigenvalue weighted by Crippen LogP contribution is 2.44. The number of furan rings is 1. The Labute approximate surface area is 184 Å². The lowest BCUT2D eigenvalue weighted by Crippen LogP contribution is -2.03. The zero-order valence-electron chi connectivity index (χ0n) is 17.7. The minimum absolute atomic E-state index is 0.112. The van der Waals surface area contributed by atoms with E-state index >= 15 is 0 Å². The first-order valence-electron chi connectivity index (χ1n) is 9.72. The first-order chi connectivity index (χ1) is 15.4. The molecule has 7 nitrogen and oxygen atoms in total. The molecule has 0 aliphatic heterocycles. The minimum atomic E-state index is -0.404. The number of esters is 1. The quantitative estimate of drug-likeness (QED) is 0.604. The summed E-state index contributed by atoms with van der Waals surface area (Å²) >= 11 is 0. The number of rotatable bonds is 3. The van der Waals surface area contributed by atoms with Gasteiger partial charge in [0.25, 0.3) is 0 Å². The maximum absolute atomic E-state index is 11.6. The molecular formula is C25H18N4O3. The van der Waals surface area contributed by atoms with Crippen LogP contribution in [0.3, 0.4) is 0 Å². The number of nitrogen functional groups attached to an aromatic ring is 1. The molecule has 0 atom stereocenters. The van der Waals surface area contributed by atoms with Gasteiger partial charge in [0.2, 0.25) is 0 Å². The van der Waals surface area contributed by atoms with E-state index in [1.807, 2.05) is 25.1 Å². The Balaban J connectivity index is 1.77. The van der Waals surface area contributed by atoms with Gasteiger partial charge in [0.05, 0.1) is 29.5 Å². The van der Waals surface area contributed by atoms with Gasteiger partial charge in [0.1, 0.15) is 29.5 Å². The molecule has 0 bridgehead atoms. The van der Waals surface area contributed by atoms with E-state index in [1.54, 1.807) is 31.2 Å². The van der Waals surface area contributed by atoms with E-state index in [9.17, 15) is 15.3 Å². The van der Waals surface area contributed by atoms with Crippen LogP contribution >= 0.6 is 0 Å². The third-order valence-corrected chi connectivity index (χ3v) is 5.49. The number of fused-ring (bicyclic) bond motifs is 1. The average molecular weight is 422 g/mol. The Morgan fingerprint density at radius 3 is 2.47 bits per heavy atom. The van der Waals surface area contributed by atoms with Gasteiger partial charge in [-0.15, -0.1) is 0 Å². The summed E-state index contributed by atoms with van der Waals surface area (Å²) < 4.78 is 10.7. The Morgan fingerprint density at radius 1 is 1.12 bits per heavy atom. The van der Waals surface area contributed by atoms with Crippen LogP contribution in [-0.2, 0) is 4.74 Å². The van der Waals surface area contributed by atoms with Crippen molar-refractivity contribution in [3.05, 3.63) is 75.7 Å². The summed E-state index contributed by atoms with van der Waals surface area (Å²) in [5.74, 6) is 0.907. The molecule has 0 spiro atoms. The van der Waals surface area contributed by atoms with E-state index < -0.39 is 5.97 Å². The number of pyridine rings is 1. The van der Waals surface area contributed by atoms with Crippen LogP contribution in [0.2, 0.25) is 0 Å². The molecule has 4 rings (SSSR count). The Hall–Kier alpha value is -4.62. The first kappa shape index (κ1) is 20.6. The highest BCUT2D eigenvalue weighted by Gasteiger charge is 2.29. The molecule has 32 heavy (non-hydrogen) atoms. The number of hydrogen-bond acceptors (Lipinski definition) is 7. The lowest BCUT2D eigenvalue weighted by Gasteiger charge is -2.10. The third kappa shape index (κ3) is 3.23. The number of carbonyl (C=O) groups excluding carboxylic acids is 1. The molecule has 0 saturated heterocycles. The number of benzene rings is 1. The van der Waals surface area contributed by atoms with E-state index in [1.165, 1.54) is 7.11 Å². The van der Waals surface area contributed by atoms with Crippen molar-refractivity contribution in [3.8, 4) is 23.5 Å². The summed E-state index contributed by atoms with van der Waals surface area (Å²) in [4.78, 5) is 15.9. The fourth-order valence-electron chi connectivity index (χ4n) is 3.81. The molecule has 1 aromatic carbocycles. The molecule has 156 valence electrons. The van der Waals surface area contributed by atoms with E-state index in [4.69, 9.17) is 14.9 Å². The van der Waals surface area contributed by atoms with Crippen molar-refractivity contribution in [1.82, 2.24) is 4.98 Å². The molecule has 0 amide bonds. The molecule has 0 unspecified atom stereocenters. The van der Waals surface area contributed by atoms with Gasteiger partial charge in [-0.25, -0.2) is 9.78 Å². The van der Waals surface area contributed by atoms with Gasteiger partial charge < -0.3 is 14.9 Å². The largest absolute Gasteiger partial charge is 0.465 e. The number of nitrogens with two attached hydrogens (primary N) is 1. The van der Waals surface area contributed by atoms with Crippen LogP contribution in [0.1, 0.15) is 45.4 Å². The maximum Gasteiger partial charge on any atom is 0.337 e. The number of hydrogen-bond donors (Lipinski definition) is 1. The van der Waals surface area contributed by atoms with Crippen LogP contribution in [0.5, 0.6) is 0 Å². The highest BCUT2D eigenvalue weighted by molar-refractivity contribution is 6.08. The van der Waals surface area contributed by atoms with Gasteiger partial charge in [-0.1, -0.05) is 12.1 Å². The summed E-state index contributed by atoms with van der Waals surface area (Å²) in [6.07, 6.45) is 1.83. The fourth-order valence-corrected chi connectivity index (χ4v) is 3.81. The molecule has 7 heteroatoms. The first-order valence-corrected chi connectivity index (χ1v) is 9.72. The molecule has 0 fully saturated rings. The van der Waals surface area contributed by atoms with Gasteiger partial charge in [-0.05, 0) is 60.9 Å². The summed E-state index contributed by atoms with van der Waals surface area (Å²) in [6, 6.07) is 14.8.